The summed E-state index contributed by atoms with van der Waals surface area (Å²) in [5.74, 6) is 0.588. The van der Waals surface area contributed by atoms with Crippen molar-refractivity contribution in [3.63, 3.8) is 0 Å². The van der Waals surface area contributed by atoms with Gasteiger partial charge < -0.3 is 9.84 Å². The summed E-state index contributed by atoms with van der Waals surface area (Å²) in [6.45, 7) is 0. The fraction of sp³-hybridized carbons (Fsp3) is 0.0769. The molecule has 2 aromatic carbocycles. The van der Waals surface area contributed by atoms with E-state index in [-0.39, 0.29) is 5.82 Å². The second kappa shape index (κ2) is 3.32. The molecule has 0 bridgehead atoms. The summed E-state index contributed by atoms with van der Waals surface area (Å²) in [5.41, 5.74) is 1.31. The van der Waals surface area contributed by atoms with Gasteiger partial charge in [-0.3, -0.25) is 0 Å². The molecule has 0 radical (unpaired) electrons. The van der Waals surface area contributed by atoms with Crippen molar-refractivity contribution in [1.82, 2.24) is 0 Å². The minimum absolute atomic E-state index is 0.370. The van der Waals surface area contributed by atoms with E-state index in [1.165, 1.54) is 12.1 Å². The van der Waals surface area contributed by atoms with Crippen molar-refractivity contribution in [2.45, 2.75) is 6.10 Å². The topological polar surface area (TPSA) is 29.5 Å². The van der Waals surface area contributed by atoms with Crippen LogP contribution in [0.3, 0.4) is 0 Å². The fourth-order valence-corrected chi connectivity index (χ4v) is 1.91. The van der Waals surface area contributed by atoms with Gasteiger partial charge in [0.15, 0.2) is 0 Å². The molecule has 0 saturated heterocycles. The van der Waals surface area contributed by atoms with E-state index in [0.717, 1.165) is 0 Å². The molecule has 1 atom stereocenters. The Bertz CT molecular complexity index is 551. The number of hydrogen-bond acceptors (Lipinski definition) is 2. The standard InChI is InChI=1S/C13H9FO2/c14-8-5-6-10-12(7-8)16-11-4-2-1-3-9(11)13(10)15/h1-7,13,15H. The molecule has 0 spiro atoms. The molecule has 2 aromatic rings. The maximum absolute atomic E-state index is 13.0. The molecule has 2 nitrogen and oxygen atoms in total. The number of benzene rings is 2. The van der Waals surface area contributed by atoms with E-state index in [9.17, 15) is 9.50 Å². The summed E-state index contributed by atoms with van der Waals surface area (Å²) in [7, 11) is 0. The molecule has 1 aliphatic rings. The largest absolute Gasteiger partial charge is 0.456 e. The average Bonchev–Trinajstić information content (AvgIpc) is 2.29. The Morgan fingerprint density at radius 3 is 2.62 bits per heavy atom. The summed E-state index contributed by atoms with van der Waals surface area (Å²) in [5, 5.41) is 10.1. The normalized spacial score (nSPS) is 17.2. The van der Waals surface area contributed by atoms with Gasteiger partial charge in [0.2, 0.25) is 0 Å². The number of rotatable bonds is 0. The highest BCUT2D eigenvalue weighted by molar-refractivity contribution is 5.51. The highest BCUT2D eigenvalue weighted by Gasteiger charge is 2.25. The second-order valence-electron chi connectivity index (χ2n) is 3.72. The van der Waals surface area contributed by atoms with Gasteiger partial charge in [-0.1, -0.05) is 18.2 Å². The number of halogens is 1. The summed E-state index contributed by atoms with van der Waals surface area (Å²) < 4.78 is 18.6. The van der Waals surface area contributed by atoms with E-state index in [0.29, 0.717) is 22.6 Å². The molecule has 16 heavy (non-hydrogen) atoms. The highest BCUT2D eigenvalue weighted by atomic mass is 19.1. The fourth-order valence-electron chi connectivity index (χ4n) is 1.91. The van der Waals surface area contributed by atoms with Crippen LogP contribution in [-0.2, 0) is 0 Å². The molecule has 80 valence electrons. The minimum Gasteiger partial charge on any atom is -0.456 e. The molecular formula is C13H9FO2. The Morgan fingerprint density at radius 2 is 1.75 bits per heavy atom. The lowest BCUT2D eigenvalue weighted by atomic mass is 9.97. The van der Waals surface area contributed by atoms with Crippen molar-refractivity contribution in [2.75, 3.05) is 0 Å². The van der Waals surface area contributed by atoms with Crippen molar-refractivity contribution in [3.05, 3.63) is 59.4 Å². The number of hydrogen-bond donors (Lipinski definition) is 1. The Balaban J connectivity index is 2.18. The number of aliphatic hydroxyl groups excluding tert-OH is 1. The molecule has 0 fully saturated rings. The SMILES string of the molecule is OC1c2ccccc2Oc2cc(F)ccc21. The third kappa shape index (κ3) is 1.29. The molecule has 0 amide bonds. The lowest BCUT2D eigenvalue weighted by molar-refractivity contribution is 0.202. The van der Waals surface area contributed by atoms with E-state index >= 15 is 0 Å². The minimum atomic E-state index is -0.749. The van der Waals surface area contributed by atoms with Crippen LogP contribution in [0, 0.1) is 5.82 Å². The Morgan fingerprint density at radius 1 is 1.00 bits per heavy atom. The molecule has 1 aliphatic heterocycles. The van der Waals surface area contributed by atoms with Gasteiger partial charge in [0.25, 0.3) is 0 Å². The quantitative estimate of drug-likeness (QED) is 0.733. The van der Waals surface area contributed by atoms with Gasteiger partial charge in [-0.15, -0.1) is 0 Å². The van der Waals surface area contributed by atoms with Crippen LogP contribution in [-0.4, -0.2) is 5.11 Å². The second-order valence-corrected chi connectivity index (χ2v) is 3.72. The third-order valence-electron chi connectivity index (χ3n) is 2.70. The zero-order chi connectivity index (χ0) is 11.1. The highest BCUT2D eigenvalue weighted by Crippen LogP contribution is 2.42. The number of ether oxygens (including phenoxy) is 1. The lowest BCUT2D eigenvalue weighted by Gasteiger charge is -2.24. The summed E-state index contributed by atoms with van der Waals surface area (Å²) in [4.78, 5) is 0. The summed E-state index contributed by atoms with van der Waals surface area (Å²) >= 11 is 0. The van der Waals surface area contributed by atoms with E-state index in [2.05, 4.69) is 0 Å². The molecule has 0 aliphatic carbocycles. The first-order chi connectivity index (χ1) is 7.75. The van der Waals surface area contributed by atoms with Crippen molar-refractivity contribution in [3.8, 4) is 11.5 Å². The van der Waals surface area contributed by atoms with E-state index < -0.39 is 6.10 Å². The van der Waals surface area contributed by atoms with Crippen LogP contribution in [0.25, 0.3) is 0 Å². The monoisotopic (exact) mass is 216 g/mol. The van der Waals surface area contributed by atoms with Crippen LogP contribution in [0.2, 0.25) is 0 Å². The lowest BCUT2D eigenvalue weighted by Crippen LogP contribution is -2.09. The van der Waals surface area contributed by atoms with Gasteiger partial charge in [-0.05, 0) is 18.2 Å². The number of fused-ring (bicyclic) bond motifs is 2. The Kier molecular flexibility index (Phi) is 1.94. The number of para-hydroxylation sites is 1. The van der Waals surface area contributed by atoms with Gasteiger partial charge >= 0.3 is 0 Å². The summed E-state index contributed by atoms with van der Waals surface area (Å²) in [6.07, 6.45) is -0.749. The predicted octanol–water partition coefficient (Wildman–Crippen LogP) is 3.01. The van der Waals surface area contributed by atoms with Crippen LogP contribution in [0.1, 0.15) is 17.2 Å². The molecule has 1 unspecified atom stereocenters. The summed E-state index contributed by atoms with van der Waals surface area (Å²) in [6, 6.07) is 11.4. The first-order valence-electron chi connectivity index (χ1n) is 5.00. The van der Waals surface area contributed by atoms with E-state index in [4.69, 9.17) is 4.74 Å². The first-order valence-corrected chi connectivity index (χ1v) is 5.00. The molecule has 1 heterocycles. The van der Waals surface area contributed by atoms with Gasteiger partial charge in [-0.2, -0.15) is 0 Å². The Labute approximate surface area is 91.9 Å². The van der Waals surface area contributed by atoms with Crippen LogP contribution in [0.4, 0.5) is 4.39 Å². The average molecular weight is 216 g/mol. The van der Waals surface area contributed by atoms with Crippen molar-refractivity contribution < 1.29 is 14.2 Å². The smallest absolute Gasteiger partial charge is 0.136 e. The van der Waals surface area contributed by atoms with Crippen LogP contribution >= 0.6 is 0 Å². The molecule has 3 rings (SSSR count). The van der Waals surface area contributed by atoms with Gasteiger partial charge in [0.1, 0.15) is 23.4 Å². The molecule has 0 saturated carbocycles. The van der Waals surface area contributed by atoms with Crippen LogP contribution in [0.15, 0.2) is 42.5 Å². The van der Waals surface area contributed by atoms with Crippen molar-refractivity contribution in [2.24, 2.45) is 0 Å². The van der Waals surface area contributed by atoms with Crippen molar-refractivity contribution >= 4 is 0 Å². The zero-order valence-electron chi connectivity index (χ0n) is 8.35. The van der Waals surface area contributed by atoms with Gasteiger partial charge in [-0.25, -0.2) is 4.39 Å². The third-order valence-corrected chi connectivity index (χ3v) is 2.70. The van der Waals surface area contributed by atoms with Gasteiger partial charge in [0.05, 0.1) is 0 Å². The maximum atomic E-state index is 13.0. The first kappa shape index (κ1) is 9.36. The van der Waals surface area contributed by atoms with Crippen LogP contribution < -0.4 is 4.74 Å². The van der Waals surface area contributed by atoms with Crippen molar-refractivity contribution in [1.29, 1.82) is 0 Å². The van der Waals surface area contributed by atoms with Crippen LogP contribution in [0.5, 0.6) is 11.5 Å². The van der Waals surface area contributed by atoms with E-state index in [1.807, 2.05) is 12.1 Å². The zero-order valence-corrected chi connectivity index (χ0v) is 8.35. The Hall–Kier alpha value is -1.87. The van der Waals surface area contributed by atoms with Gasteiger partial charge in [0, 0.05) is 17.2 Å². The molecule has 3 heteroatoms. The molecule has 0 aromatic heterocycles. The predicted molar refractivity (Wildman–Crippen MR) is 57.0 cm³/mol. The molecule has 1 N–H and O–H groups in total. The number of aliphatic hydroxyl groups is 1. The molecular weight excluding hydrogens is 207 g/mol. The maximum Gasteiger partial charge on any atom is 0.136 e. The van der Waals surface area contributed by atoms with E-state index in [1.54, 1.807) is 18.2 Å².